The first-order chi connectivity index (χ1) is 14.6. The molecule has 1 heterocycles. The topological polar surface area (TPSA) is 39.3 Å². The molecule has 0 aliphatic carbocycles. The zero-order chi connectivity index (χ0) is 20.7. The van der Waals surface area contributed by atoms with Crippen molar-refractivity contribution in [3.63, 3.8) is 0 Å². The van der Waals surface area contributed by atoms with Crippen LogP contribution in [-0.2, 0) is 14.1 Å². The Morgan fingerprint density at radius 3 is 1.93 bits per heavy atom. The molecule has 0 saturated heterocycles. The number of hydrogen-bond donors (Lipinski definition) is 0. The molecule has 0 spiro atoms. The van der Waals surface area contributed by atoms with Crippen molar-refractivity contribution >= 4 is 33.4 Å². The molecule has 0 radical (unpaired) electrons. The molecular weight excluding hydrogens is 370 g/mol. The molecule has 0 bridgehead atoms. The minimum Gasteiger partial charge on any atom is -0.283 e. The monoisotopic (exact) mass is 391 g/mol. The summed E-state index contributed by atoms with van der Waals surface area (Å²) < 4.78 is 3.45. The maximum Gasteiger partial charge on any atom is 0.292 e. The van der Waals surface area contributed by atoms with Crippen LogP contribution in [0, 0.1) is 0 Å². The SMILES string of the molecule is Cn1c(-c2ccccc2)c(N=Cc2c3ccccc3cc3ccccc23)c(=O)n1C. The summed E-state index contributed by atoms with van der Waals surface area (Å²) in [6.45, 7) is 0. The van der Waals surface area contributed by atoms with Gasteiger partial charge in [-0.2, -0.15) is 0 Å². The van der Waals surface area contributed by atoms with Crippen molar-refractivity contribution in [3.8, 4) is 11.3 Å². The van der Waals surface area contributed by atoms with Crippen LogP contribution in [0.1, 0.15) is 5.56 Å². The highest BCUT2D eigenvalue weighted by Crippen LogP contribution is 2.30. The van der Waals surface area contributed by atoms with Gasteiger partial charge in [-0.1, -0.05) is 78.9 Å². The third kappa shape index (κ3) is 2.85. The highest BCUT2D eigenvalue weighted by molar-refractivity contribution is 6.13. The molecule has 0 unspecified atom stereocenters. The zero-order valence-electron chi connectivity index (χ0n) is 16.9. The van der Waals surface area contributed by atoms with Crippen molar-refractivity contribution in [3.05, 3.63) is 101 Å². The first kappa shape index (κ1) is 18.1. The number of aliphatic imine (C=N–C) groups is 1. The van der Waals surface area contributed by atoms with E-state index >= 15 is 0 Å². The Morgan fingerprint density at radius 2 is 1.30 bits per heavy atom. The van der Waals surface area contributed by atoms with E-state index in [0.717, 1.165) is 38.4 Å². The van der Waals surface area contributed by atoms with E-state index in [4.69, 9.17) is 4.99 Å². The van der Waals surface area contributed by atoms with Gasteiger partial charge in [-0.05, 0) is 27.6 Å². The van der Waals surface area contributed by atoms with E-state index in [0.29, 0.717) is 5.69 Å². The lowest BCUT2D eigenvalue weighted by Crippen LogP contribution is -2.16. The fraction of sp³-hybridized carbons (Fsp3) is 0.0769. The van der Waals surface area contributed by atoms with Gasteiger partial charge in [0.05, 0.1) is 5.69 Å². The molecule has 0 atom stereocenters. The lowest BCUT2D eigenvalue weighted by molar-refractivity contribution is 0.584. The van der Waals surface area contributed by atoms with E-state index in [-0.39, 0.29) is 5.56 Å². The van der Waals surface area contributed by atoms with Crippen LogP contribution in [0.5, 0.6) is 0 Å². The summed E-state index contributed by atoms with van der Waals surface area (Å²) in [6.07, 6.45) is 1.84. The van der Waals surface area contributed by atoms with E-state index in [1.165, 1.54) is 0 Å². The summed E-state index contributed by atoms with van der Waals surface area (Å²) >= 11 is 0. The average Bonchev–Trinajstić information content (AvgIpc) is 3.00. The second kappa shape index (κ2) is 7.16. The van der Waals surface area contributed by atoms with Crippen LogP contribution in [0.15, 0.2) is 94.7 Å². The van der Waals surface area contributed by atoms with Crippen LogP contribution in [0.2, 0.25) is 0 Å². The summed E-state index contributed by atoms with van der Waals surface area (Å²) in [5.41, 5.74) is 3.13. The van der Waals surface area contributed by atoms with Gasteiger partial charge in [0.15, 0.2) is 5.69 Å². The maximum atomic E-state index is 13.0. The van der Waals surface area contributed by atoms with Gasteiger partial charge in [0.2, 0.25) is 0 Å². The Morgan fingerprint density at radius 1 is 0.733 bits per heavy atom. The van der Waals surface area contributed by atoms with E-state index in [9.17, 15) is 4.79 Å². The van der Waals surface area contributed by atoms with E-state index in [1.807, 2.05) is 72.5 Å². The summed E-state index contributed by atoms with van der Waals surface area (Å²) in [6, 6.07) is 28.7. The predicted octanol–water partition coefficient (Wildman–Crippen LogP) is 5.45. The number of nitrogens with zero attached hydrogens (tertiary/aromatic N) is 3. The Kier molecular flexibility index (Phi) is 4.32. The van der Waals surface area contributed by atoms with Gasteiger partial charge in [0.25, 0.3) is 5.56 Å². The van der Waals surface area contributed by atoms with Crippen LogP contribution in [-0.4, -0.2) is 15.6 Å². The quantitative estimate of drug-likeness (QED) is 0.298. The van der Waals surface area contributed by atoms with Crippen LogP contribution in [0.25, 0.3) is 32.8 Å². The minimum absolute atomic E-state index is 0.114. The third-order valence-electron chi connectivity index (χ3n) is 5.68. The van der Waals surface area contributed by atoms with E-state index in [2.05, 4.69) is 30.3 Å². The molecule has 0 fully saturated rings. The van der Waals surface area contributed by atoms with E-state index in [1.54, 1.807) is 11.7 Å². The van der Waals surface area contributed by atoms with Crippen molar-refractivity contribution in [2.24, 2.45) is 19.1 Å². The highest BCUT2D eigenvalue weighted by Gasteiger charge is 2.17. The Balaban J connectivity index is 1.77. The molecule has 1 aromatic heterocycles. The third-order valence-corrected chi connectivity index (χ3v) is 5.68. The Labute approximate surface area is 174 Å². The number of fused-ring (bicyclic) bond motifs is 2. The minimum atomic E-state index is -0.114. The largest absolute Gasteiger partial charge is 0.292 e. The summed E-state index contributed by atoms with van der Waals surface area (Å²) in [7, 11) is 3.65. The first-order valence-electron chi connectivity index (χ1n) is 9.91. The highest BCUT2D eigenvalue weighted by atomic mass is 16.1. The molecule has 0 saturated carbocycles. The van der Waals surface area contributed by atoms with Gasteiger partial charge >= 0.3 is 0 Å². The predicted molar refractivity (Wildman–Crippen MR) is 125 cm³/mol. The molecule has 4 nitrogen and oxygen atoms in total. The lowest BCUT2D eigenvalue weighted by atomic mass is 9.97. The summed E-state index contributed by atoms with van der Waals surface area (Å²) in [4.78, 5) is 17.7. The maximum absolute atomic E-state index is 13.0. The van der Waals surface area contributed by atoms with Gasteiger partial charge in [0.1, 0.15) is 0 Å². The molecular formula is C26H21N3O. The molecule has 0 aliphatic rings. The molecule has 0 aliphatic heterocycles. The molecule has 30 heavy (non-hydrogen) atoms. The zero-order valence-corrected chi connectivity index (χ0v) is 16.9. The van der Waals surface area contributed by atoms with Crippen molar-refractivity contribution in [1.82, 2.24) is 9.36 Å². The van der Waals surface area contributed by atoms with Crippen molar-refractivity contribution in [2.45, 2.75) is 0 Å². The first-order valence-corrected chi connectivity index (χ1v) is 9.91. The standard InChI is InChI=1S/C26H21N3O/c1-28-25(18-10-4-3-5-11-18)24(26(30)29(28)2)27-17-23-21-14-8-6-12-19(21)16-20-13-7-9-15-22(20)23/h3-17H,1-2H3. The normalized spacial score (nSPS) is 11.7. The number of hydrogen-bond acceptors (Lipinski definition) is 2. The molecule has 146 valence electrons. The van der Waals surface area contributed by atoms with E-state index < -0.39 is 0 Å². The second-order valence-electron chi connectivity index (χ2n) is 7.41. The van der Waals surface area contributed by atoms with Gasteiger partial charge in [-0.25, -0.2) is 4.99 Å². The molecule has 4 heteroatoms. The molecule has 0 N–H and O–H groups in total. The fourth-order valence-corrected chi connectivity index (χ4v) is 4.05. The second-order valence-corrected chi connectivity index (χ2v) is 7.41. The number of benzene rings is 4. The number of aromatic nitrogens is 2. The summed E-state index contributed by atoms with van der Waals surface area (Å²) in [5.74, 6) is 0. The van der Waals surface area contributed by atoms with Crippen LogP contribution < -0.4 is 5.56 Å². The van der Waals surface area contributed by atoms with Gasteiger partial charge < -0.3 is 0 Å². The van der Waals surface area contributed by atoms with Gasteiger partial charge in [-0.3, -0.25) is 14.2 Å². The van der Waals surface area contributed by atoms with Crippen LogP contribution in [0.3, 0.4) is 0 Å². The smallest absolute Gasteiger partial charge is 0.283 e. The van der Waals surface area contributed by atoms with Crippen molar-refractivity contribution in [2.75, 3.05) is 0 Å². The van der Waals surface area contributed by atoms with Gasteiger partial charge in [-0.15, -0.1) is 0 Å². The molecule has 4 aromatic carbocycles. The Bertz CT molecular complexity index is 1420. The summed E-state index contributed by atoms with van der Waals surface area (Å²) in [5, 5.41) is 4.55. The van der Waals surface area contributed by atoms with Crippen molar-refractivity contribution in [1.29, 1.82) is 0 Å². The van der Waals surface area contributed by atoms with Gasteiger partial charge in [0, 0.05) is 31.4 Å². The molecule has 5 aromatic rings. The van der Waals surface area contributed by atoms with Crippen molar-refractivity contribution < 1.29 is 0 Å². The van der Waals surface area contributed by atoms with Crippen LogP contribution in [0.4, 0.5) is 5.69 Å². The van der Waals surface area contributed by atoms with Crippen LogP contribution >= 0.6 is 0 Å². The molecule has 5 rings (SSSR count). The average molecular weight is 391 g/mol. The number of rotatable bonds is 3. The lowest BCUT2D eigenvalue weighted by Gasteiger charge is -2.08. The Hall–Kier alpha value is -3.92. The fourth-order valence-electron chi connectivity index (χ4n) is 4.05. The molecule has 0 amide bonds.